The Morgan fingerprint density at radius 2 is 1.97 bits per heavy atom. The minimum atomic E-state index is -0.630. The summed E-state index contributed by atoms with van der Waals surface area (Å²) in [5.41, 5.74) is 6.77. The van der Waals surface area contributed by atoms with Crippen molar-refractivity contribution in [1.29, 1.82) is 0 Å². The number of carbonyl (C=O) groups is 2. The molecule has 2 aliphatic rings. The number of hydrazine groups is 1. The molecule has 1 fully saturated rings. The summed E-state index contributed by atoms with van der Waals surface area (Å²) in [6, 6.07) is 14.8. The van der Waals surface area contributed by atoms with Crippen LogP contribution in [0.25, 0.3) is 11.0 Å². The number of rotatable bonds is 3. The van der Waals surface area contributed by atoms with E-state index < -0.39 is 6.04 Å². The van der Waals surface area contributed by atoms with Gasteiger partial charge in [-0.3, -0.25) is 15.0 Å². The number of piperidine rings is 1. The highest BCUT2D eigenvalue weighted by atomic mass is 16.2. The topological polar surface area (TPSA) is 93.7 Å². The molecule has 0 radical (unpaired) electrons. The second kappa shape index (κ2) is 8.11. The number of fused-ring (bicyclic) bond motifs is 1. The lowest BCUT2D eigenvalue weighted by Gasteiger charge is -2.35. The van der Waals surface area contributed by atoms with Crippen molar-refractivity contribution in [2.45, 2.75) is 38.6 Å². The number of hydrogen-bond donors (Lipinski definition) is 2. The van der Waals surface area contributed by atoms with Crippen molar-refractivity contribution >= 4 is 34.4 Å². The molecule has 0 bridgehead atoms. The molecule has 8 nitrogen and oxygen atoms in total. The molecule has 164 valence electrons. The van der Waals surface area contributed by atoms with Crippen molar-refractivity contribution in [1.82, 2.24) is 20.3 Å². The average Bonchev–Trinajstić information content (AvgIpc) is 3.24. The van der Waals surface area contributed by atoms with E-state index in [4.69, 9.17) is 4.98 Å². The van der Waals surface area contributed by atoms with Crippen molar-refractivity contribution in [3.8, 4) is 0 Å². The van der Waals surface area contributed by atoms with Gasteiger partial charge in [0.15, 0.2) is 0 Å². The number of nitrogens with one attached hydrogen (secondary N) is 2. The number of benzene rings is 2. The standard InChI is InChI=1S/C24H26N6O2/c1-15-10-11-19-20(13-15)27-21(26-19)17-7-6-12-29(14-17)24(32)22-25-16(2)23(31)30(28-22)18-8-4-3-5-9-18/h3-5,8-11,13,16-17H,6-7,12,14H2,1-2H3,(H,25,28)(H,26,27). The van der Waals surface area contributed by atoms with E-state index in [-0.39, 0.29) is 23.6 Å². The molecule has 2 amide bonds. The number of aryl methyl sites for hydroxylation is 1. The summed E-state index contributed by atoms with van der Waals surface area (Å²) < 4.78 is 0. The molecule has 0 aliphatic carbocycles. The molecule has 2 unspecified atom stereocenters. The van der Waals surface area contributed by atoms with Crippen molar-refractivity contribution in [2.24, 2.45) is 4.99 Å². The Kier molecular flexibility index (Phi) is 5.13. The predicted molar refractivity (Wildman–Crippen MR) is 123 cm³/mol. The van der Waals surface area contributed by atoms with Gasteiger partial charge in [-0.15, -0.1) is 0 Å². The van der Waals surface area contributed by atoms with E-state index in [1.807, 2.05) is 41.3 Å². The van der Waals surface area contributed by atoms with Crippen LogP contribution in [0.3, 0.4) is 0 Å². The van der Waals surface area contributed by atoms with Crippen LogP contribution >= 0.6 is 0 Å². The van der Waals surface area contributed by atoms with Crippen LogP contribution in [-0.2, 0) is 9.59 Å². The molecule has 5 rings (SSSR count). The van der Waals surface area contributed by atoms with Crippen LogP contribution in [0.4, 0.5) is 5.69 Å². The number of imidazole rings is 1. The van der Waals surface area contributed by atoms with Gasteiger partial charge in [0.2, 0.25) is 5.84 Å². The van der Waals surface area contributed by atoms with Gasteiger partial charge in [-0.05, 0) is 56.5 Å². The van der Waals surface area contributed by atoms with Crippen LogP contribution in [0.15, 0.2) is 53.5 Å². The molecular formula is C24H26N6O2. The highest BCUT2D eigenvalue weighted by Gasteiger charge is 2.34. The molecule has 0 saturated carbocycles. The Balaban J connectivity index is 1.35. The Hall–Kier alpha value is -3.68. The maximum Gasteiger partial charge on any atom is 0.290 e. The van der Waals surface area contributed by atoms with Gasteiger partial charge in [0.05, 0.1) is 16.7 Å². The molecule has 1 aromatic heterocycles. The number of hydrogen-bond acceptors (Lipinski definition) is 5. The average molecular weight is 431 g/mol. The fourth-order valence-corrected chi connectivity index (χ4v) is 4.37. The zero-order chi connectivity index (χ0) is 22.2. The van der Waals surface area contributed by atoms with Gasteiger partial charge in [-0.25, -0.2) is 15.0 Å². The Labute approximate surface area is 186 Å². The van der Waals surface area contributed by atoms with Crippen molar-refractivity contribution in [3.63, 3.8) is 0 Å². The summed E-state index contributed by atoms with van der Waals surface area (Å²) in [7, 11) is 0. The Bertz CT molecular complexity index is 1200. The van der Waals surface area contributed by atoms with E-state index in [1.165, 1.54) is 10.6 Å². The molecule has 2 aromatic carbocycles. The minimum Gasteiger partial charge on any atom is -0.342 e. The first kappa shape index (κ1) is 20.2. The maximum atomic E-state index is 13.3. The highest BCUT2D eigenvalue weighted by Crippen LogP contribution is 2.27. The van der Waals surface area contributed by atoms with Gasteiger partial charge >= 0.3 is 0 Å². The second-order valence-electron chi connectivity index (χ2n) is 8.51. The number of nitrogens with zero attached hydrogens (tertiary/aromatic N) is 4. The lowest BCUT2D eigenvalue weighted by Crippen LogP contribution is -2.59. The minimum absolute atomic E-state index is 0.133. The quantitative estimate of drug-likeness (QED) is 0.668. The Morgan fingerprint density at radius 3 is 2.78 bits per heavy atom. The van der Waals surface area contributed by atoms with E-state index in [9.17, 15) is 9.59 Å². The third-order valence-electron chi connectivity index (χ3n) is 6.09. The first-order chi connectivity index (χ1) is 15.5. The van der Waals surface area contributed by atoms with Crippen LogP contribution in [-0.4, -0.2) is 51.6 Å². The van der Waals surface area contributed by atoms with E-state index in [0.717, 1.165) is 29.7 Å². The molecule has 2 N–H and O–H groups in total. The molecule has 2 atom stereocenters. The zero-order valence-corrected chi connectivity index (χ0v) is 18.2. The summed E-state index contributed by atoms with van der Waals surface area (Å²) in [4.78, 5) is 40.3. The third kappa shape index (κ3) is 3.72. The van der Waals surface area contributed by atoms with E-state index >= 15 is 0 Å². The van der Waals surface area contributed by atoms with Gasteiger partial charge in [-0.1, -0.05) is 24.3 Å². The largest absolute Gasteiger partial charge is 0.342 e. The summed E-state index contributed by atoms with van der Waals surface area (Å²) in [6.07, 6.45) is 1.85. The zero-order valence-electron chi connectivity index (χ0n) is 18.2. The molecule has 0 spiro atoms. The molecule has 32 heavy (non-hydrogen) atoms. The number of anilines is 1. The summed E-state index contributed by atoms with van der Waals surface area (Å²) >= 11 is 0. The molecule has 8 heteroatoms. The van der Waals surface area contributed by atoms with Crippen molar-refractivity contribution < 1.29 is 9.59 Å². The van der Waals surface area contributed by atoms with E-state index in [0.29, 0.717) is 18.8 Å². The number of amidine groups is 1. The number of aromatic nitrogens is 2. The van der Waals surface area contributed by atoms with Crippen molar-refractivity contribution in [2.75, 3.05) is 18.1 Å². The first-order valence-corrected chi connectivity index (χ1v) is 11.0. The third-order valence-corrected chi connectivity index (χ3v) is 6.09. The molecule has 3 heterocycles. The van der Waals surface area contributed by atoms with Crippen LogP contribution in [0.1, 0.15) is 37.1 Å². The number of para-hydroxylation sites is 1. The monoisotopic (exact) mass is 430 g/mol. The van der Waals surface area contributed by atoms with Crippen LogP contribution in [0, 0.1) is 6.92 Å². The molecular weight excluding hydrogens is 404 g/mol. The van der Waals surface area contributed by atoms with Gasteiger partial charge in [-0.2, -0.15) is 0 Å². The molecule has 3 aromatic rings. The van der Waals surface area contributed by atoms with E-state index in [1.54, 1.807) is 6.92 Å². The number of likely N-dealkylation sites (tertiary alicyclic amines) is 1. The fourth-order valence-electron chi connectivity index (χ4n) is 4.37. The second-order valence-corrected chi connectivity index (χ2v) is 8.51. The lowest BCUT2D eigenvalue weighted by atomic mass is 9.97. The van der Waals surface area contributed by atoms with Gasteiger partial charge in [0.1, 0.15) is 11.9 Å². The number of aromatic amines is 1. The number of H-pyrrole nitrogens is 1. The smallest absolute Gasteiger partial charge is 0.290 e. The van der Waals surface area contributed by atoms with Gasteiger partial charge in [0.25, 0.3) is 11.8 Å². The van der Waals surface area contributed by atoms with Crippen molar-refractivity contribution in [3.05, 3.63) is 59.9 Å². The highest BCUT2D eigenvalue weighted by molar-refractivity contribution is 6.39. The van der Waals surface area contributed by atoms with Gasteiger partial charge in [0, 0.05) is 19.0 Å². The lowest BCUT2D eigenvalue weighted by molar-refractivity contribution is -0.125. The SMILES string of the molecule is Cc1ccc2nc(C3CCCN(C(=O)C4=NC(C)C(=O)N(c5ccccc5)N4)C3)[nH]c2c1. The predicted octanol–water partition coefficient (Wildman–Crippen LogP) is 2.92. The Morgan fingerprint density at radius 1 is 1.16 bits per heavy atom. The normalized spacial score (nSPS) is 21.4. The molecule has 2 aliphatic heterocycles. The van der Waals surface area contributed by atoms with Crippen LogP contribution in [0.5, 0.6) is 0 Å². The van der Waals surface area contributed by atoms with E-state index in [2.05, 4.69) is 34.5 Å². The van der Waals surface area contributed by atoms with Gasteiger partial charge < -0.3 is 9.88 Å². The maximum absolute atomic E-state index is 13.3. The number of amides is 2. The van der Waals surface area contributed by atoms with Crippen LogP contribution < -0.4 is 10.4 Å². The number of carbonyl (C=O) groups excluding carboxylic acids is 2. The summed E-state index contributed by atoms with van der Waals surface area (Å²) in [5, 5.41) is 1.41. The molecule has 1 saturated heterocycles. The summed E-state index contributed by atoms with van der Waals surface area (Å²) in [6.45, 7) is 4.99. The first-order valence-electron chi connectivity index (χ1n) is 11.0. The fraction of sp³-hybridized carbons (Fsp3) is 0.333. The van der Waals surface area contributed by atoms with Crippen LogP contribution in [0.2, 0.25) is 0 Å². The summed E-state index contributed by atoms with van der Waals surface area (Å²) in [5.74, 6) is 0.857. The number of aliphatic imine (C=N–C) groups is 1.